The molecule has 204 valence electrons. The van der Waals surface area contributed by atoms with Crippen molar-refractivity contribution in [3.8, 4) is 28.5 Å². The van der Waals surface area contributed by atoms with E-state index >= 15 is 0 Å². The summed E-state index contributed by atoms with van der Waals surface area (Å²) in [6, 6.07) is 10.6. The molecular weight excluding hydrogens is 511 g/mol. The summed E-state index contributed by atoms with van der Waals surface area (Å²) in [5.41, 5.74) is 6.08. The van der Waals surface area contributed by atoms with Gasteiger partial charge in [-0.3, -0.25) is 9.59 Å². The van der Waals surface area contributed by atoms with E-state index in [2.05, 4.69) is 25.6 Å². The summed E-state index contributed by atoms with van der Waals surface area (Å²) >= 11 is 0. The van der Waals surface area contributed by atoms with Gasteiger partial charge >= 0.3 is 5.97 Å². The van der Waals surface area contributed by atoms with Crippen molar-refractivity contribution in [1.29, 1.82) is 0 Å². The van der Waals surface area contributed by atoms with Crippen LogP contribution in [0.2, 0.25) is 0 Å². The highest BCUT2D eigenvalue weighted by Crippen LogP contribution is 2.28. The number of nitrogens with two attached hydrogens (primary N) is 1. The second kappa shape index (κ2) is 12.3. The van der Waals surface area contributed by atoms with Crippen LogP contribution in [0.5, 0.6) is 5.75 Å². The third-order valence-corrected chi connectivity index (χ3v) is 5.52. The van der Waals surface area contributed by atoms with Gasteiger partial charge in [-0.15, -0.1) is 0 Å². The van der Waals surface area contributed by atoms with E-state index in [1.54, 1.807) is 38.1 Å². The maximum Gasteiger partial charge on any atom is 0.319 e. The quantitative estimate of drug-likeness (QED) is 0.268. The van der Waals surface area contributed by atoms with Gasteiger partial charge in [-0.05, 0) is 49.7 Å². The summed E-state index contributed by atoms with van der Waals surface area (Å²) in [5.74, 6) is -0.165. The summed E-state index contributed by atoms with van der Waals surface area (Å²) in [6.45, 7) is 4.87. The zero-order valence-corrected chi connectivity index (χ0v) is 21.5. The van der Waals surface area contributed by atoms with Crippen molar-refractivity contribution >= 4 is 11.9 Å². The van der Waals surface area contributed by atoms with Crippen molar-refractivity contribution in [1.82, 2.24) is 25.6 Å². The minimum absolute atomic E-state index is 0.0869. The van der Waals surface area contributed by atoms with Crippen LogP contribution in [0.25, 0.3) is 22.8 Å². The van der Waals surface area contributed by atoms with Crippen LogP contribution in [0.15, 0.2) is 51.5 Å². The molecule has 0 bridgehead atoms. The van der Waals surface area contributed by atoms with Gasteiger partial charge in [0.05, 0.1) is 18.2 Å². The number of halogens is 1. The lowest BCUT2D eigenvalue weighted by molar-refractivity contribution is -0.142. The van der Waals surface area contributed by atoms with Crippen molar-refractivity contribution in [3.05, 3.63) is 65.6 Å². The summed E-state index contributed by atoms with van der Waals surface area (Å²) in [4.78, 5) is 32.2. The van der Waals surface area contributed by atoms with Gasteiger partial charge in [0, 0.05) is 18.1 Å². The molecule has 3 N–H and O–H groups in total. The van der Waals surface area contributed by atoms with Crippen LogP contribution in [0.4, 0.5) is 4.39 Å². The average molecular weight is 539 g/mol. The number of nitrogens with zero attached hydrogens (tertiary/aromatic N) is 4. The lowest BCUT2D eigenvalue weighted by Crippen LogP contribution is -2.37. The fraction of sp³-hybridized carbons (Fsp3) is 0.308. The smallest absolute Gasteiger partial charge is 0.319 e. The zero-order valence-electron chi connectivity index (χ0n) is 21.5. The molecule has 0 radical (unpaired) electrons. The molecule has 2 aromatic heterocycles. The van der Waals surface area contributed by atoms with E-state index < -0.39 is 29.8 Å². The normalized spacial score (nSPS) is 12.5. The number of nitrogens with one attached hydrogen (secondary N) is 1. The van der Waals surface area contributed by atoms with Crippen LogP contribution in [-0.4, -0.2) is 51.4 Å². The molecule has 2 aromatic carbocycles. The molecule has 1 amide bonds. The predicted molar refractivity (Wildman–Crippen MR) is 135 cm³/mol. The second-order valence-corrected chi connectivity index (χ2v) is 8.59. The highest BCUT2D eigenvalue weighted by atomic mass is 19.1. The molecule has 0 spiro atoms. The van der Waals surface area contributed by atoms with Gasteiger partial charge < -0.3 is 29.6 Å². The molecule has 13 heteroatoms. The Morgan fingerprint density at radius 1 is 1.05 bits per heavy atom. The number of carbonyl (C=O) groups excluding carboxylic acids is 2. The Morgan fingerprint density at radius 2 is 1.74 bits per heavy atom. The van der Waals surface area contributed by atoms with Gasteiger partial charge in [-0.2, -0.15) is 9.97 Å². The van der Waals surface area contributed by atoms with Crippen LogP contribution in [0.3, 0.4) is 0 Å². The van der Waals surface area contributed by atoms with Crippen molar-refractivity contribution in [2.75, 3.05) is 13.2 Å². The summed E-state index contributed by atoms with van der Waals surface area (Å²) < 4.78 is 36.1. The molecule has 0 fully saturated rings. The molecule has 1 unspecified atom stereocenters. The average Bonchev–Trinajstić information content (AvgIpc) is 3.60. The highest BCUT2D eigenvalue weighted by Gasteiger charge is 2.22. The van der Waals surface area contributed by atoms with E-state index in [1.807, 2.05) is 6.92 Å². The van der Waals surface area contributed by atoms with Crippen molar-refractivity contribution in [3.63, 3.8) is 0 Å². The first-order valence-corrected chi connectivity index (χ1v) is 12.1. The van der Waals surface area contributed by atoms with E-state index in [0.29, 0.717) is 29.4 Å². The first-order chi connectivity index (χ1) is 18.8. The largest absolute Gasteiger partial charge is 0.481 e. The molecule has 2 heterocycles. The van der Waals surface area contributed by atoms with Gasteiger partial charge in [0.15, 0.2) is 6.10 Å². The van der Waals surface area contributed by atoms with Crippen LogP contribution >= 0.6 is 0 Å². The Kier molecular flexibility index (Phi) is 8.61. The fourth-order valence-corrected chi connectivity index (χ4v) is 3.51. The lowest BCUT2D eigenvalue weighted by atomic mass is 10.1. The van der Waals surface area contributed by atoms with E-state index in [0.717, 1.165) is 11.6 Å². The van der Waals surface area contributed by atoms with Crippen molar-refractivity contribution < 1.29 is 32.5 Å². The Morgan fingerprint density at radius 3 is 2.38 bits per heavy atom. The Labute approximate surface area is 222 Å². The number of aromatic nitrogens is 4. The van der Waals surface area contributed by atoms with Gasteiger partial charge in [0.2, 0.25) is 17.5 Å². The molecule has 0 saturated heterocycles. The highest BCUT2D eigenvalue weighted by molar-refractivity contribution is 5.95. The van der Waals surface area contributed by atoms with Crippen molar-refractivity contribution in [2.24, 2.45) is 5.73 Å². The molecule has 12 nitrogen and oxygen atoms in total. The first-order valence-electron chi connectivity index (χ1n) is 12.1. The summed E-state index contributed by atoms with van der Waals surface area (Å²) in [5, 5.41) is 10.4. The predicted octanol–water partition coefficient (Wildman–Crippen LogP) is 3.38. The standard InChI is InChI=1S/C26H27FN6O6/c1-4-21(37-18-8-5-16(6-9-18)23-30-15(3)38-32-23)26-31-24(33-39-26)17-7-10-19(20(27)11-17)25(35)29-14(2)13-36-22(34)12-28/h5-11,14,21H,4,12-13,28H2,1-3H3,(H,29,35)/t14-,21?/m0/s1. The summed E-state index contributed by atoms with van der Waals surface area (Å²) in [6.07, 6.45) is -0.0195. The minimum Gasteiger partial charge on any atom is -0.481 e. The number of carbonyl (C=O) groups is 2. The van der Waals surface area contributed by atoms with Gasteiger partial charge in [-0.1, -0.05) is 23.3 Å². The third-order valence-electron chi connectivity index (χ3n) is 5.52. The van der Waals surface area contributed by atoms with Crippen LogP contribution < -0.4 is 15.8 Å². The second-order valence-electron chi connectivity index (χ2n) is 8.59. The number of amides is 1. The molecule has 0 aliphatic heterocycles. The van der Waals surface area contributed by atoms with Crippen LogP contribution in [-0.2, 0) is 9.53 Å². The molecule has 0 saturated carbocycles. The Bertz CT molecular complexity index is 1440. The SMILES string of the molecule is CCC(Oc1ccc(-c2noc(C)n2)cc1)c1nc(-c2ccc(C(=O)N[C@@H](C)COC(=O)CN)c(F)c2)no1. The topological polar surface area (TPSA) is 168 Å². The Balaban J connectivity index is 1.40. The number of hydrogen-bond donors (Lipinski definition) is 2. The lowest BCUT2D eigenvalue weighted by Gasteiger charge is -2.14. The van der Waals surface area contributed by atoms with Crippen molar-refractivity contribution in [2.45, 2.75) is 39.3 Å². The number of benzene rings is 2. The minimum atomic E-state index is -0.775. The molecule has 2 atom stereocenters. The number of aryl methyl sites for hydroxylation is 1. The number of rotatable bonds is 11. The van der Waals surface area contributed by atoms with Gasteiger partial charge in [-0.25, -0.2) is 4.39 Å². The number of hydrogen-bond acceptors (Lipinski definition) is 11. The maximum atomic E-state index is 14.8. The van der Waals surface area contributed by atoms with E-state index in [-0.39, 0.29) is 30.4 Å². The molecular formula is C26H27FN6O6. The van der Waals surface area contributed by atoms with E-state index in [4.69, 9.17) is 24.3 Å². The van der Waals surface area contributed by atoms with Gasteiger partial charge in [0.1, 0.15) is 18.2 Å². The van der Waals surface area contributed by atoms with Crippen LogP contribution in [0, 0.1) is 12.7 Å². The molecule has 0 aliphatic rings. The first kappa shape index (κ1) is 27.4. The maximum absolute atomic E-state index is 14.8. The zero-order chi connectivity index (χ0) is 27.9. The molecule has 4 rings (SSSR count). The number of ether oxygens (including phenoxy) is 2. The summed E-state index contributed by atoms with van der Waals surface area (Å²) in [7, 11) is 0. The monoisotopic (exact) mass is 538 g/mol. The van der Waals surface area contributed by atoms with Crippen LogP contribution in [0.1, 0.15) is 48.5 Å². The third kappa shape index (κ3) is 6.82. The van der Waals surface area contributed by atoms with E-state index in [1.165, 1.54) is 12.1 Å². The molecule has 4 aromatic rings. The molecule has 39 heavy (non-hydrogen) atoms. The number of esters is 1. The van der Waals surface area contributed by atoms with E-state index in [9.17, 15) is 14.0 Å². The molecule has 0 aliphatic carbocycles. The Hall–Kier alpha value is -4.65. The van der Waals surface area contributed by atoms with Gasteiger partial charge in [0.25, 0.3) is 11.8 Å². The fourth-order valence-electron chi connectivity index (χ4n) is 3.51.